The normalized spacial score (nSPS) is 10.0. The van der Waals surface area contributed by atoms with Crippen LogP contribution in [0.1, 0.15) is 39.5 Å². The summed E-state index contributed by atoms with van der Waals surface area (Å²) >= 11 is 1.58. The number of carbonyl (C=O) groups is 2. The van der Waals surface area contributed by atoms with E-state index >= 15 is 0 Å². The van der Waals surface area contributed by atoms with Crippen molar-refractivity contribution in [1.82, 2.24) is 10.6 Å². The zero-order chi connectivity index (χ0) is 15.8. The summed E-state index contributed by atoms with van der Waals surface area (Å²) in [5, 5.41) is 5.35. The first-order valence-electron chi connectivity index (χ1n) is 7.59. The fraction of sp³-hybridized carbons (Fsp3) is 0.857. The van der Waals surface area contributed by atoms with E-state index in [1.165, 1.54) is 0 Å². The SMILES string of the molecule is CCCCNC(=O)OCCSCCOC(=O)NCCCC. The molecular formula is C14H28N2O4S. The predicted molar refractivity (Wildman–Crippen MR) is 85.8 cm³/mol. The third-order valence-corrected chi connectivity index (χ3v) is 3.43. The van der Waals surface area contributed by atoms with E-state index in [4.69, 9.17) is 9.47 Å². The quantitative estimate of drug-likeness (QED) is 0.541. The fourth-order valence-electron chi connectivity index (χ4n) is 1.33. The summed E-state index contributed by atoms with van der Waals surface area (Å²) in [7, 11) is 0. The number of unbranched alkanes of at least 4 members (excludes halogenated alkanes) is 2. The Labute approximate surface area is 131 Å². The molecule has 0 atom stereocenters. The molecule has 0 aliphatic carbocycles. The van der Waals surface area contributed by atoms with Gasteiger partial charge >= 0.3 is 12.2 Å². The number of carbonyl (C=O) groups excluding carboxylic acids is 2. The maximum Gasteiger partial charge on any atom is 0.407 e. The lowest BCUT2D eigenvalue weighted by Gasteiger charge is -2.07. The van der Waals surface area contributed by atoms with Crippen LogP contribution in [-0.4, -0.2) is 50.0 Å². The van der Waals surface area contributed by atoms with Crippen molar-refractivity contribution in [3.63, 3.8) is 0 Å². The molecule has 124 valence electrons. The largest absolute Gasteiger partial charge is 0.449 e. The van der Waals surface area contributed by atoms with Crippen molar-refractivity contribution >= 4 is 23.9 Å². The first kappa shape index (κ1) is 19.9. The fourth-order valence-corrected chi connectivity index (χ4v) is 1.93. The summed E-state index contributed by atoms with van der Waals surface area (Å²) in [4.78, 5) is 22.4. The second kappa shape index (κ2) is 15.3. The monoisotopic (exact) mass is 320 g/mol. The van der Waals surface area contributed by atoms with Crippen LogP contribution in [0, 0.1) is 0 Å². The van der Waals surface area contributed by atoms with Gasteiger partial charge in [-0.25, -0.2) is 9.59 Å². The molecule has 0 saturated heterocycles. The summed E-state index contributed by atoms with van der Waals surface area (Å²) in [5.74, 6) is 1.39. The number of ether oxygens (including phenoxy) is 2. The minimum atomic E-state index is -0.365. The van der Waals surface area contributed by atoms with Gasteiger partial charge in [0.1, 0.15) is 13.2 Å². The van der Waals surface area contributed by atoms with Gasteiger partial charge < -0.3 is 20.1 Å². The Morgan fingerprint density at radius 3 is 1.67 bits per heavy atom. The van der Waals surface area contributed by atoms with E-state index in [-0.39, 0.29) is 12.2 Å². The molecule has 0 spiro atoms. The molecule has 0 saturated carbocycles. The highest BCUT2D eigenvalue weighted by atomic mass is 32.2. The Bertz CT molecular complexity index is 252. The molecule has 0 heterocycles. The molecule has 0 aromatic heterocycles. The molecule has 0 fully saturated rings. The summed E-state index contributed by atoms with van der Waals surface area (Å²) in [6.07, 6.45) is 3.28. The van der Waals surface area contributed by atoms with Crippen molar-refractivity contribution in [2.24, 2.45) is 0 Å². The third-order valence-electron chi connectivity index (χ3n) is 2.52. The van der Waals surface area contributed by atoms with Gasteiger partial charge in [0.2, 0.25) is 0 Å². The van der Waals surface area contributed by atoms with Crippen LogP contribution < -0.4 is 10.6 Å². The molecule has 7 heteroatoms. The van der Waals surface area contributed by atoms with Crippen LogP contribution in [0.15, 0.2) is 0 Å². The second-order valence-electron chi connectivity index (χ2n) is 4.44. The molecule has 6 nitrogen and oxygen atoms in total. The minimum Gasteiger partial charge on any atom is -0.449 e. The lowest BCUT2D eigenvalue weighted by atomic mass is 10.3. The van der Waals surface area contributed by atoms with Crippen LogP contribution in [0.5, 0.6) is 0 Å². The van der Waals surface area contributed by atoms with E-state index in [1.54, 1.807) is 11.8 Å². The standard InChI is InChI=1S/C14H28N2O4S/c1-3-5-7-15-13(17)19-9-11-21-12-10-20-14(18)16-8-6-4-2/h3-12H2,1-2H3,(H,15,17)(H,16,18). The van der Waals surface area contributed by atoms with E-state index in [2.05, 4.69) is 24.5 Å². The molecule has 21 heavy (non-hydrogen) atoms. The molecule has 0 aromatic rings. The Morgan fingerprint density at radius 2 is 1.29 bits per heavy atom. The number of thioether (sulfide) groups is 1. The van der Waals surface area contributed by atoms with E-state index in [1.807, 2.05) is 0 Å². The number of hydrogen-bond acceptors (Lipinski definition) is 5. The van der Waals surface area contributed by atoms with E-state index in [9.17, 15) is 9.59 Å². The van der Waals surface area contributed by atoms with Crippen molar-refractivity contribution in [2.45, 2.75) is 39.5 Å². The zero-order valence-electron chi connectivity index (χ0n) is 13.1. The van der Waals surface area contributed by atoms with Crippen molar-refractivity contribution in [2.75, 3.05) is 37.8 Å². The van der Waals surface area contributed by atoms with Crippen molar-refractivity contribution in [1.29, 1.82) is 0 Å². The topological polar surface area (TPSA) is 76.7 Å². The molecule has 0 aromatic carbocycles. The maximum absolute atomic E-state index is 11.2. The number of alkyl carbamates (subject to hydrolysis) is 2. The maximum atomic E-state index is 11.2. The lowest BCUT2D eigenvalue weighted by Crippen LogP contribution is -2.26. The average molecular weight is 320 g/mol. The first-order chi connectivity index (χ1) is 10.2. The molecule has 0 rings (SSSR count). The third kappa shape index (κ3) is 15.1. The van der Waals surface area contributed by atoms with Crippen molar-refractivity contribution in [3.8, 4) is 0 Å². The Kier molecular flexibility index (Phi) is 14.5. The molecular weight excluding hydrogens is 292 g/mol. The zero-order valence-corrected chi connectivity index (χ0v) is 13.9. The van der Waals surface area contributed by atoms with E-state index < -0.39 is 0 Å². The second-order valence-corrected chi connectivity index (χ2v) is 5.67. The van der Waals surface area contributed by atoms with Crippen LogP contribution in [0.25, 0.3) is 0 Å². The first-order valence-corrected chi connectivity index (χ1v) is 8.75. The van der Waals surface area contributed by atoms with E-state index in [0.29, 0.717) is 37.8 Å². The van der Waals surface area contributed by atoms with Gasteiger partial charge in [-0.15, -0.1) is 0 Å². The molecule has 0 aliphatic rings. The van der Waals surface area contributed by atoms with E-state index in [0.717, 1.165) is 25.7 Å². The molecule has 2 amide bonds. The van der Waals surface area contributed by atoms with Gasteiger partial charge in [0, 0.05) is 24.6 Å². The Hall–Kier alpha value is -1.11. The average Bonchev–Trinajstić information content (AvgIpc) is 2.47. The summed E-state index contributed by atoms with van der Waals surface area (Å²) in [6, 6.07) is 0. The van der Waals surface area contributed by atoms with Crippen LogP contribution in [0.2, 0.25) is 0 Å². The van der Waals surface area contributed by atoms with Gasteiger partial charge in [0.05, 0.1) is 0 Å². The predicted octanol–water partition coefficient (Wildman–Crippen LogP) is 2.77. The van der Waals surface area contributed by atoms with Crippen LogP contribution in [0.4, 0.5) is 9.59 Å². The van der Waals surface area contributed by atoms with Gasteiger partial charge in [-0.1, -0.05) is 26.7 Å². The molecule has 0 aliphatic heterocycles. The smallest absolute Gasteiger partial charge is 0.407 e. The lowest BCUT2D eigenvalue weighted by molar-refractivity contribution is 0.153. The van der Waals surface area contributed by atoms with Gasteiger partial charge in [-0.2, -0.15) is 11.8 Å². The Morgan fingerprint density at radius 1 is 0.857 bits per heavy atom. The highest BCUT2D eigenvalue weighted by Crippen LogP contribution is 1.99. The van der Waals surface area contributed by atoms with Crippen LogP contribution in [0.3, 0.4) is 0 Å². The van der Waals surface area contributed by atoms with Crippen molar-refractivity contribution in [3.05, 3.63) is 0 Å². The number of hydrogen-bond donors (Lipinski definition) is 2. The number of nitrogens with one attached hydrogen (secondary N) is 2. The summed E-state index contributed by atoms with van der Waals surface area (Å²) in [6.45, 7) is 6.18. The Balaban J connectivity index is 3.24. The number of amides is 2. The van der Waals surface area contributed by atoms with Crippen LogP contribution in [-0.2, 0) is 9.47 Å². The highest BCUT2D eigenvalue weighted by molar-refractivity contribution is 7.99. The molecule has 2 N–H and O–H groups in total. The molecule has 0 bridgehead atoms. The van der Waals surface area contributed by atoms with Gasteiger partial charge in [-0.3, -0.25) is 0 Å². The number of rotatable bonds is 12. The van der Waals surface area contributed by atoms with Gasteiger partial charge in [-0.05, 0) is 12.8 Å². The van der Waals surface area contributed by atoms with Crippen LogP contribution >= 0.6 is 11.8 Å². The minimum absolute atomic E-state index is 0.365. The summed E-state index contributed by atoms with van der Waals surface area (Å²) < 4.78 is 9.98. The van der Waals surface area contributed by atoms with Gasteiger partial charge in [0.25, 0.3) is 0 Å². The summed E-state index contributed by atoms with van der Waals surface area (Å²) in [5.41, 5.74) is 0. The highest BCUT2D eigenvalue weighted by Gasteiger charge is 2.02. The molecule has 0 unspecified atom stereocenters. The van der Waals surface area contributed by atoms with Crippen molar-refractivity contribution < 1.29 is 19.1 Å². The van der Waals surface area contributed by atoms with Gasteiger partial charge in [0.15, 0.2) is 0 Å². The molecule has 0 radical (unpaired) electrons.